The molecule has 0 N–H and O–H groups in total. The van der Waals surface area contributed by atoms with Crippen molar-refractivity contribution in [3.63, 3.8) is 0 Å². The molecule has 1 unspecified atom stereocenters. The molecule has 5 heteroatoms. The van der Waals surface area contributed by atoms with E-state index < -0.39 is 11.7 Å². The van der Waals surface area contributed by atoms with Gasteiger partial charge in [-0.15, -0.1) is 11.6 Å². The summed E-state index contributed by atoms with van der Waals surface area (Å²) in [5.74, 6) is 0. The summed E-state index contributed by atoms with van der Waals surface area (Å²) in [6.45, 7) is 1.67. The van der Waals surface area contributed by atoms with Crippen LogP contribution < -0.4 is 5.46 Å². The topological polar surface area (TPSA) is 0 Å². The van der Waals surface area contributed by atoms with E-state index in [1.165, 1.54) is 12.1 Å². The smallest absolute Gasteiger partial charge is 0.166 e. The van der Waals surface area contributed by atoms with Crippen LogP contribution in [-0.2, 0) is 6.18 Å². The molecular weight excluding hydrogens is 211 g/mol. The molecular formula is C9H7BClF3. The summed E-state index contributed by atoms with van der Waals surface area (Å²) in [6.07, 6.45) is -4.40. The van der Waals surface area contributed by atoms with E-state index in [4.69, 9.17) is 19.4 Å². The Morgan fingerprint density at radius 2 is 1.93 bits per heavy atom. The summed E-state index contributed by atoms with van der Waals surface area (Å²) in [4.78, 5) is 0. The number of benzene rings is 1. The lowest BCUT2D eigenvalue weighted by Crippen LogP contribution is -2.20. The first-order chi connectivity index (χ1) is 6.32. The fourth-order valence-electron chi connectivity index (χ4n) is 1.09. The SMILES string of the molecule is [B]c1cc(C(C)Cl)ccc1C(F)(F)F. The maximum atomic E-state index is 12.3. The van der Waals surface area contributed by atoms with Gasteiger partial charge in [-0.1, -0.05) is 23.7 Å². The second kappa shape index (κ2) is 3.85. The largest absolute Gasteiger partial charge is 0.415 e. The predicted molar refractivity (Wildman–Crippen MR) is 51.1 cm³/mol. The highest BCUT2D eigenvalue weighted by molar-refractivity contribution is 6.33. The molecule has 0 heterocycles. The zero-order chi connectivity index (χ0) is 10.9. The van der Waals surface area contributed by atoms with Crippen molar-refractivity contribution >= 4 is 24.9 Å². The van der Waals surface area contributed by atoms with E-state index in [1.54, 1.807) is 6.92 Å². The van der Waals surface area contributed by atoms with Gasteiger partial charge in [0.25, 0.3) is 0 Å². The Morgan fingerprint density at radius 3 is 2.29 bits per heavy atom. The van der Waals surface area contributed by atoms with E-state index in [0.29, 0.717) is 5.56 Å². The Morgan fingerprint density at radius 1 is 1.36 bits per heavy atom. The van der Waals surface area contributed by atoms with Gasteiger partial charge in [-0.3, -0.25) is 0 Å². The van der Waals surface area contributed by atoms with Crippen LogP contribution in [0.2, 0.25) is 0 Å². The molecule has 1 aromatic carbocycles. The first-order valence-electron chi connectivity index (χ1n) is 3.93. The first-order valence-corrected chi connectivity index (χ1v) is 4.36. The van der Waals surface area contributed by atoms with Crippen LogP contribution in [0.3, 0.4) is 0 Å². The van der Waals surface area contributed by atoms with Gasteiger partial charge in [0.1, 0.15) is 7.85 Å². The molecule has 0 saturated heterocycles. The molecule has 0 fully saturated rings. The average Bonchev–Trinajstić information content (AvgIpc) is 2.01. The van der Waals surface area contributed by atoms with E-state index in [9.17, 15) is 13.2 Å². The molecule has 0 bridgehead atoms. The monoisotopic (exact) mass is 218 g/mol. The fourth-order valence-corrected chi connectivity index (χ4v) is 1.22. The van der Waals surface area contributed by atoms with Crippen LogP contribution in [0.25, 0.3) is 0 Å². The van der Waals surface area contributed by atoms with Gasteiger partial charge in [0.15, 0.2) is 0 Å². The Balaban J connectivity index is 3.15. The van der Waals surface area contributed by atoms with Crippen LogP contribution in [-0.4, -0.2) is 7.85 Å². The second-order valence-electron chi connectivity index (χ2n) is 2.96. The zero-order valence-electron chi connectivity index (χ0n) is 7.40. The van der Waals surface area contributed by atoms with Gasteiger partial charge in [0.05, 0.1) is 5.38 Å². The minimum atomic E-state index is -4.40. The standard InChI is InChI=1S/C9H7BClF3/c1-5(11)6-2-3-7(8(10)4-6)9(12,13)14/h2-5H,1H3. The summed E-state index contributed by atoms with van der Waals surface area (Å²) in [6, 6.07) is 3.53. The van der Waals surface area contributed by atoms with Crippen molar-refractivity contribution in [2.24, 2.45) is 0 Å². The Bertz CT molecular complexity index is 333. The van der Waals surface area contributed by atoms with Crippen molar-refractivity contribution in [3.8, 4) is 0 Å². The predicted octanol–water partition coefficient (Wildman–Crippen LogP) is 2.80. The summed E-state index contributed by atoms with van der Waals surface area (Å²) >= 11 is 5.70. The van der Waals surface area contributed by atoms with Crippen LogP contribution in [0.4, 0.5) is 13.2 Å². The molecule has 0 aliphatic carbocycles. The Kier molecular flexibility index (Phi) is 3.15. The zero-order valence-corrected chi connectivity index (χ0v) is 8.15. The van der Waals surface area contributed by atoms with Gasteiger partial charge in [-0.2, -0.15) is 13.2 Å². The quantitative estimate of drug-likeness (QED) is 0.502. The van der Waals surface area contributed by atoms with Gasteiger partial charge in [-0.05, 0) is 12.5 Å². The minimum absolute atomic E-state index is 0.289. The van der Waals surface area contributed by atoms with Crippen LogP contribution in [0, 0.1) is 0 Å². The number of hydrogen-bond acceptors (Lipinski definition) is 0. The molecule has 0 aliphatic heterocycles. The van der Waals surface area contributed by atoms with Crippen LogP contribution in [0.15, 0.2) is 18.2 Å². The normalized spacial score (nSPS) is 14.1. The molecule has 0 amide bonds. The molecule has 0 aliphatic rings. The number of hydrogen-bond donors (Lipinski definition) is 0. The van der Waals surface area contributed by atoms with Crippen LogP contribution in [0.1, 0.15) is 23.4 Å². The Labute approximate surface area is 86.5 Å². The second-order valence-corrected chi connectivity index (χ2v) is 3.62. The summed E-state index contributed by atoms with van der Waals surface area (Å²) in [7, 11) is 5.27. The third-order valence-corrected chi connectivity index (χ3v) is 2.09. The van der Waals surface area contributed by atoms with Crippen molar-refractivity contribution in [1.29, 1.82) is 0 Å². The molecule has 2 radical (unpaired) electrons. The average molecular weight is 218 g/mol. The van der Waals surface area contributed by atoms with Crippen molar-refractivity contribution in [2.75, 3.05) is 0 Å². The van der Waals surface area contributed by atoms with Crippen LogP contribution in [0.5, 0.6) is 0 Å². The number of halogens is 4. The van der Waals surface area contributed by atoms with E-state index in [1.807, 2.05) is 0 Å². The van der Waals surface area contributed by atoms with Gasteiger partial charge in [0, 0.05) is 5.56 Å². The molecule has 1 rings (SSSR count). The molecule has 0 aromatic heterocycles. The molecule has 1 aromatic rings. The van der Waals surface area contributed by atoms with E-state index in [0.717, 1.165) is 6.07 Å². The van der Waals surface area contributed by atoms with Crippen molar-refractivity contribution in [2.45, 2.75) is 18.5 Å². The van der Waals surface area contributed by atoms with Crippen molar-refractivity contribution in [1.82, 2.24) is 0 Å². The van der Waals surface area contributed by atoms with Gasteiger partial charge in [-0.25, -0.2) is 0 Å². The summed E-state index contributed by atoms with van der Waals surface area (Å²) in [5.41, 5.74) is -0.529. The lowest BCUT2D eigenvalue weighted by atomic mass is 9.88. The molecule has 0 saturated carbocycles. The molecule has 14 heavy (non-hydrogen) atoms. The molecule has 74 valence electrons. The van der Waals surface area contributed by atoms with Crippen LogP contribution >= 0.6 is 11.6 Å². The highest BCUT2D eigenvalue weighted by Crippen LogP contribution is 2.29. The first kappa shape index (κ1) is 11.4. The maximum Gasteiger partial charge on any atom is 0.415 e. The van der Waals surface area contributed by atoms with E-state index in [2.05, 4.69) is 0 Å². The third kappa shape index (κ3) is 2.44. The van der Waals surface area contributed by atoms with E-state index in [-0.39, 0.29) is 10.8 Å². The lowest BCUT2D eigenvalue weighted by Gasteiger charge is -2.12. The fraction of sp³-hybridized carbons (Fsp3) is 0.333. The third-order valence-electron chi connectivity index (χ3n) is 1.84. The molecule has 0 spiro atoms. The van der Waals surface area contributed by atoms with Gasteiger partial charge >= 0.3 is 6.18 Å². The number of alkyl halides is 4. The minimum Gasteiger partial charge on any atom is -0.166 e. The Hall–Kier alpha value is -0.635. The molecule has 1 atom stereocenters. The van der Waals surface area contributed by atoms with Crippen molar-refractivity contribution < 1.29 is 13.2 Å². The van der Waals surface area contributed by atoms with Crippen molar-refractivity contribution in [3.05, 3.63) is 29.3 Å². The highest BCUT2D eigenvalue weighted by atomic mass is 35.5. The number of rotatable bonds is 1. The van der Waals surface area contributed by atoms with Gasteiger partial charge < -0.3 is 0 Å². The highest BCUT2D eigenvalue weighted by Gasteiger charge is 2.31. The maximum absolute atomic E-state index is 12.3. The molecule has 0 nitrogen and oxygen atoms in total. The summed E-state index contributed by atoms with van der Waals surface area (Å²) in [5, 5.41) is -0.348. The lowest BCUT2D eigenvalue weighted by molar-refractivity contribution is -0.136. The van der Waals surface area contributed by atoms with Gasteiger partial charge in [0.2, 0.25) is 0 Å². The summed E-state index contributed by atoms with van der Waals surface area (Å²) < 4.78 is 36.8. The van der Waals surface area contributed by atoms with E-state index >= 15 is 0 Å².